The van der Waals surface area contributed by atoms with Crippen LogP contribution in [0, 0.1) is 10.1 Å². The lowest BCUT2D eigenvalue weighted by atomic mass is 10.0. The van der Waals surface area contributed by atoms with Crippen molar-refractivity contribution >= 4 is 28.2 Å². The first-order chi connectivity index (χ1) is 18.0. The second-order valence-corrected chi connectivity index (χ2v) is 8.69. The Kier molecular flexibility index (Phi) is 6.59. The number of pyridine rings is 1. The van der Waals surface area contributed by atoms with Crippen LogP contribution in [-0.4, -0.2) is 61.1 Å². The van der Waals surface area contributed by atoms with Crippen molar-refractivity contribution in [3.05, 3.63) is 88.5 Å². The molecule has 5 rings (SSSR count). The van der Waals surface area contributed by atoms with Crippen LogP contribution in [0.2, 0.25) is 0 Å². The van der Waals surface area contributed by atoms with Gasteiger partial charge in [0, 0.05) is 54.9 Å². The molecule has 1 fully saturated rings. The number of amides is 1. The van der Waals surface area contributed by atoms with Crippen molar-refractivity contribution in [3.8, 4) is 22.8 Å². The summed E-state index contributed by atoms with van der Waals surface area (Å²) in [5.41, 5.74) is 3.63. The van der Waals surface area contributed by atoms with Crippen molar-refractivity contribution in [2.24, 2.45) is 0 Å². The molecule has 1 aromatic heterocycles. The molecule has 2 heterocycles. The zero-order valence-corrected chi connectivity index (χ0v) is 20.6. The average molecular weight is 499 g/mol. The summed E-state index contributed by atoms with van der Waals surface area (Å²) in [6.45, 7) is 2.32. The molecule has 1 aliphatic heterocycles. The van der Waals surface area contributed by atoms with E-state index in [1.807, 2.05) is 53.4 Å². The third-order valence-corrected chi connectivity index (χ3v) is 6.62. The van der Waals surface area contributed by atoms with Crippen LogP contribution in [0.15, 0.2) is 72.8 Å². The van der Waals surface area contributed by atoms with E-state index in [1.165, 1.54) is 12.1 Å². The molecule has 0 N–H and O–H groups in total. The predicted octanol–water partition coefficient (Wildman–Crippen LogP) is 4.79. The van der Waals surface area contributed by atoms with Crippen LogP contribution < -0.4 is 14.4 Å². The number of carbonyl (C=O) groups is 1. The number of nitro groups is 1. The Bertz CT molecular complexity index is 1460. The number of carbonyl (C=O) groups excluding carboxylic acids is 1. The van der Waals surface area contributed by atoms with Crippen molar-refractivity contribution in [1.82, 2.24) is 9.88 Å². The number of benzene rings is 3. The number of methoxy groups -OCH3 is 2. The summed E-state index contributed by atoms with van der Waals surface area (Å²) in [6.07, 6.45) is 0. The highest BCUT2D eigenvalue weighted by molar-refractivity contribution is 6.07. The molecule has 1 saturated heterocycles. The van der Waals surface area contributed by atoms with Gasteiger partial charge in [0.25, 0.3) is 11.6 Å². The van der Waals surface area contributed by atoms with Crippen LogP contribution in [0.25, 0.3) is 22.2 Å². The molecule has 4 aromatic rings. The van der Waals surface area contributed by atoms with Gasteiger partial charge < -0.3 is 19.3 Å². The van der Waals surface area contributed by atoms with Crippen molar-refractivity contribution < 1.29 is 19.2 Å². The second-order valence-electron chi connectivity index (χ2n) is 8.69. The lowest BCUT2D eigenvalue weighted by Crippen LogP contribution is -2.48. The Labute approximate surface area is 214 Å². The maximum atomic E-state index is 13.8. The lowest BCUT2D eigenvalue weighted by Gasteiger charge is -2.36. The number of hydrogen-bond donors (Lipinski definition) is 0. The van der Waals surface area contributed by atoms with Crippen LogP contribution in [0.1, 0.15) is 10.4 Å². The van der Waals surface area contributed by atoms with Gasteiger partial charge in [-0.15, -0.1) is 0 Å². The van der Waals surface area contributed by atoms with Crippen molar-refractivity contribution in [2.45, 2.75) is 0 Å². The maximum Gasteiger partial charge on any atom is 0.269 e. The number of fused-ring (bicyclic) bond motifs is 1. The van der Waals surface area contributed by atoms with Crippen molar-refractivity contribution in [2.75, 3.05) is 45.3 Å². The van der Waals surface area contributed by atoms with E-state index in [4.69, 9.17) is 14.5 Å². The third kappa shape index (κ3) is 4.75. The molecule has 0 unspecified atom stereocenters. The minimum absolute atomic E-state index is 0.0607. The molecule has 3 aromatic carbocycles. The van der Waals surface area contributed by atoms with E-state index in [1.54, 1.807) is 26.4 Å². The summed E-state index contributed by atoms with van der Waals surface area (Å²) in [6, 6.07) is 21.4. The van der Waals surface area contributed by atoms with Crippen LogP contribution >= 0.6 is 0 Å². The number of ether oxygens (including phenoxy) is 2. The predicted molar refractivity (Wildman–Crippen MR) is 141 cm³/mol. The summed E-state index contributed by atoms with van der Waals surface area (Å²) in [5.74, 6) is 1.24. The number of non-ortho nitro benzene ring substituents is 1. The lowest BCUT2D eigenvalue weighted by molar-refractivity contribution is -0.384. The van der Waals surface area contributed by atoms with Crippen LogP contribution in [0.3, 0.4) is 0 Å². The Hall–Kier alpha value is -4.66. The standard InChI is InChI=1S/C28H26N4O5/c1-36-21-11-12-27(37-2)24(17-21)26-18-23(22-5-3-4-6-25(22)29-26)28(33)31-15-13-30(14-16-31)19-7-9-20(10-8-19)32(34)35/h3-12,17-18H,13-16H2,1-2H3. The molecule has 0 bridgehead atoms. The van der Waals surface area contributed by atoms with Gasteiger partial charge in [-0.3, -0.25) is 14.9 Å². The average Bonchev–Trinajstić information content (AvgIpc) is 2.96. The first kappa shape index (κ1) is 24.1. The Morgan fingerprint density at radius 3 is 2.32 bits per heavy atom. The summed E-state index contributed by atoms with van der Waals surface area (Å²) >= 11 is 0. The van der Waals surface area contributed by atoms with Gasteiger partial charge in [-0.2, -0.15) is 0 Å². The highest BCUT2D eigenvalue weighted by atomic mass is 16.6. The van der Waals surface area contributed by atoms with Crippen LogP contribution in [0.5, 0.6) is 11.5 Å². The number of rotatable bonds is 6. The van der Waals surface area contributed by atoms with Gasteiger partial charge in [-0.1, -0.05) is 18.2 Å². The molecular formula is C28H26N4O5. The van der Waals surface area contributed by atoms with E-state index in [0.29, 0.717) is 48.9 Å². The molecule has 0 spiro atoms. The number of aromatic nitrogens is 1. The molecule has 0 atom stereocenters. The summed E-state index contributed by atoms with van der Waals surface area (Å²) in [4.78, 5) is 33.1. The molecule has 0 radical (unpaired) electrons. The fraction of sp³-hybridized carbons (Fsp3) is 0.214. The fourth-order valence-electron chi connectivity index (χ4n) is 4.63. The fourth-order valence-corrected chi connectivity index (χ4v) is 4.63. The monoisotopic (exact) mass is 498 g/mol. The van der Waals surface area contributed by atoms with Crippen molar-refractivity contribution in [1.29, 1.82) is 0 Å². The van der Waals surface area contributed by atoms with Crippen LogP contribution in [-0.2, 0) is 0 Å². The Morgan fingerprint density at radius 2 is 1.65 bits per heavy atom. The number of anilines is 1. The number of piperazine rings is 1. The van der Waals surface area contributed by atoms with Gasteiger partial charge in [0.05, 0.1) is 35.9 Å². The van der Waals surface area contributed by atoms with E-state index in [0.717, 1.165) is 22.2 Å². The highest BCUT2D eigenvalue weighted by Gasteiger charge is 2.25. The van der Waals surface area contributed by atoms with Gasteiger partial charge in [-0.25, -0.2) is 4.98 Å². The molecule has 9 heteroatoms. The van der Waals surface area contributed by atoms with E-state index < -0.39 is 4.92 Å². The molecule has 1 amide bonds. The minimum Gasteiger partial charge on any atom is -0.497 e. The number of hydrogen-bond acceptors (Lipinski definition) is 7. The molecule has 188 valence electrons. The maximum absolute atomic E-state index is 13.8. The third-order valence-electron chi connectivity index (χ3n) is 6.62. The van der Waals surface area contributed by atoms with Gasteiger partial charge in [0.15, 0.2) is 0 Å². The molecule has 0 saturated carbocycles. The molecule has 0 aliphatic carbocycles. The van der Waals surface area contributed by atoms with E-state index in [9.17, 15) is 14.9 Å². The molecule has 9 nitrogen and oxygen atoms in total. The SMILES string of the molecule is COc1ccc(OC)c(-c2cc(C(=O)N3CCN(c4ccc([N+](=O)[O-])cc4)CC3)c3ccccc3n2)c1. The van der Waals surface area contributed by atoms with Crippen LogP contribution in [0.4, 0.5) is 11.4 Å². The highest BCUT2D eigenvalue weighted by Crippen LogP contribution is 2.35. The Balaban J connectivity index is 1.44. The quantitative estimate of drug-likeness (QED) is 0.278. The van der Waals surface area contributed by atoms with E-state index in [2.05, 4.69) is 4.90 Å². The van der Waals surface area contributed by atoms with Gasteiger partial charge in [0.2, 0.25) is 0 Å². The summed E-state index contributed by atoms with van der Waals surface area (Å²) in [7, 11) is 3.20. The van der Waals surface area contributed by atoms with E-state index >= 15 is 0 Å². The Morgan fingerprint density at radius 1 is 0.919 bits per heavy atom. The zero-order chi connectivity index (χ0) is 25.9. The van der Waals surface area contributed by atoms with Gasteiger partial charge in [-0.05, 0) is 42.5 Å². The number of para-hydroxylation sites is 1. The molecule has 37 heavy (non-hydrogen) atoms. The van der Waals surface area contributed by atoms with Gasteiger partial charge >= 0.3 is 0 Å². The molecule has 1 aliphatic rings. The number of nitro benzene ring substituents is 1. The summed E-state index contributed by atoms with van der Waals surface area (Å²) in [5, 5.41) is 11.7. The zero-order valence-electron chi connectivity index (χ0n) is 20.6. The first-order valence-electron chi connectivity index (χ1n) is 11.9. The summed E-state index contributed by atoms with van der Waals surface area (Å²) < 4.78 is 11.0. The second kappa shape index (κ2) is 10.1. The van der Waals surface area contributed by atoms with E-state index in [-0.39, 0.29) is 11.6 Å². The smallest absolute Gasteiger partial charge is 0.269 e. The first-order valence-corrected chi connectivity index (χ1v) is 11.9. The number of nitrogens with zero attached hydrogens (tertiary/aromatic N) is 4. The normalized spacial score (nSPS) is 13.5. The largest absolute Gasteiger partial charge is 0.497 e. The van der Waals surface area contributed by atoms with Crippen molar-refractivity contribution in [3.63, 3.8) is 0 Å². The van der Waals surface area contributed by atoms with Gasteiger partial charge in [0.1, 0.15) is 11.5 Å². The molecular weight excluding hydrogens is 472 g/mol. The topological polar surface area (TPSA) is 98.0 Å². The minimum atomic E-state index is -0.408.